The number of allylic oxidation sites excluding steroid dienone is 1. The van der Waals surface area contributed by atoms with Crippen LogP contribution in [0.1, 0.15) is 56.2 Å². The second-order valence-electron chi connectivity index (χ2n) is 7.15. The third-order valence-electron chi connectivity index (χ3n) is 5.56. The van der Waals surface area contributed by atoms with E-state index in [-0.39, 0.29) is 11.5 Å². The largest absolute Gasteiger partial charge is 0.496 e. The number of methoxy groups -OCH3 is 1. The highest BCUT2D eigenvalue weighted by Crippen LogP contribution is 2.49. The SMILES string of the molecule is CCN.COc1ccc2c(c1C)[C@]1(C=C[C@H](O)C[C@H]1C)CCCC2. The van der Waals surface area contributed by atoms with Gasteiger partial charge in [-0.25, -0.2) is 0 Å². The first kappa shape index (κ1) is 19.0. The van der Waals surface area contributed by atoms with Gasteiger partial charge in [-0.2, -0.15) is 0 Å². The number of hydrogen-bond donors (Lipinski definition) is 2. The van der Waals surface area contributed by atoms with Gasteiger partial charge in [0, 0.05) is 5.41 Å². The molecular formula is C21H33NO2. The van der Waals surface area contributed by atoms with E-state index in [0.717, 1.165) is 25.1 Å². The number of rotatable bonds is 1. The summed E-state index contributed by atoms with van der Waals surface area (Å²) in [6, 6.07) is 4.36. The Morgan fingerprint density at radius 3 is 2.67 bits per heavy atom. The summed E-state index contributed by atoms with van der Waals surface area (Å²) in [6.45, 7) is 7.14. The predicted molar refractivity (Wildman–Crippen MR) is 101 cm³/mol. The summed E-state index contributed by atoms with van der Waals surface area (Å²) in [5.74, 6) is 1.45. The highest BCUT2D eigenvalue weighted by atomic mass is 16.5. The minimum absolute atomic E-state index is 0.0731. The minimum Gasteiger partial charge on any atom is -0.496 e. The summed E-state index contributed by atoms with van der Waals surface area (Å²) < 4.78 is 5.57. The molecule has 134 valence electrons. The maximum atomic E-state index is 9.97. The lowest BCUT2D eigenvalue weighted by atomic mass is 9.62. The van der Waals surface area contributed by atoms with E-state index in [0.29, 0.717) is 5.92 Å². The molecule has 2 aliphatic carbocycles. The third kappa shape index (κ3) is 3.52. The van der Waals surface area contributed by atoms with Gasteiger partial charge in [-0.1, -0.05) is 38.5 Å². The van der Waals surface area contributed by atoms with Crippen LogP contribution in [-0.4, -0.2) is 24.9 Å². The van der Waals surface area contributed by atoms with E-state index in [9.17, 15) is 5.11 Å². The number of fused-ring (bicyclic) bond motifs is 2. The van der Waals surface area contributed by atoms with Crippen LogP contribution < -0.4 is 10.5 Å². The van der Waals surface area contributed by atoms with Crippen molar-refractivity contribution in [1.82, 2.24) is 0 Å². The van der Waals surface area contributed by atoms with Gasteiger partial charge in [-0.15, -0.1) is 0 Å². The quantitative estimate of drug-likeness (QED) is 0.768. The van der Waals surface area contributed by atoms with Crippen molar-refractivity contribution < 1.29 is 9.84 Å². The van der Waals surface area contributed by atoms with Gasteiger partial charge in [0.2, 0.25) is 0 Å². The highest BCUT2D eigenvalue weighted by Gasteiger charge is 2.42. The molecule has 0 heterocycles. The van der Waals surface area contributed by atoms with Crippen molar-refractivity contribution in [2.75, 3.05) is 13.7 Å². The van der Waals surface area contributed by atoms with Crippen LogP contribution in [0.2, 0.25) is 0 Å². The Bertz CT molecular complexity index is 581. The minimum atomic E-state index is -0.289. The first-order valence-electron chi connectivity index (χ1n) is 9.24. The molecule has 24 heavy (non-hydrogen) atoms. The van der Waals surface area contributed by atoms with Crippen LogP contribution >= 0.6 is 0 Å². The summed E-state index contributed by atoms with van der Waals surface area (Å²) in [7, 11) is 1.75. The first-order valence-corrected chi connectivity index (χ1v) is 9.24. The van der Waals surface area contributed by atoms with Crippen molar-refractivity contribution in [2.45, 2.75) is 64.4 Å². The van der Waals surface area contributed by atoms with E-state index in [1.54, 1.807) is 7.11 Å². The molecule has 2 aliphatic rings. The lowest BCUT2D eigenvalue weighted by molar-refractivity contribution is 0.148. The van der Waals surface area contributed by atoms with Crippen LogP contribution in [0.25, 0.3) is 0 Å². The van der Waals surface area contributed by atoms with Crippen LogP contribution in [-0.2, 0) is 11.8 Å². The predicted octanol–water partition coefficient (Wildman–Crippen LogP) is 3.89. The van der Waals surface area contributed by atoms with Crippen LogP contribution in [0.15, 0.2) is 24.3 Å². The molecule has 3 rings (SSSR count). The Kier molecular flexibility index (Phi) is 6.47. The van der Waals surface area contributed by atoms with Crippen LogP contribution in [0.5, 0.6) is 5.75 Å². The van der Waals surface area contributed by atoms with Crippen molar-refractivity contribution in [3.8, 4) is 5.75 Å². The van der Waals surface area contributed by atoms with Gasteiger partial charge in [-0.3, -0.25) is 0 Å². The Hall–Kier alpha value is -1.32. The molecule has 1 aromatic carbocycles. The van der Waals surface area contributed by atoms with Crippen LogP contribution in [0.3, 0.4) is 0 Å². The molecule has 0 radical (unpaired) electrons. The smallest absolute Gasteiger partial charge is 0.122 e. The van der Waals surface area contributed by atoms with Crippen molar-refractivity contribution in [1.29, 1.82) is 0 Å². The van der Waals surface area contributed by atoms with Gasteiger partial charge in [-0.05, 0) is 67.8 Å². The van der Waals surface area contributed by atoms with Crippen molar-refractivity contribution in [2.24, 2.45) is 11.7 Å². The molecule has 3 atom stereocenters. The average Bonchev–Trinajstić information content (AvgIpc) is 2.74. The summed E-state index contributed by atoms with van der Waals surface area (Å²) in [4.78, 5) is 0. The maximum Gasteiger partial charge on any atom is 0.122 e. The van der Waals surface area contributed by atoms with Gasteiger partial charge in [0.1, 0.15) is 5.75 Å². The summed E-state index contributed by atoms with van der Waals surface area (Å²) >= 11 is 0. The molecule has 0 bridgehead atoms. The topological polar surface area (TPSA) is 55.5 Å². The molecule has 0 amide bonds. The van der Waals surface area contributed by atoms with Gasteiger partial charge < -0.3 is 15.6 Å². The van der Waals surface area contributed by atoms with Crippen LogP contribution in [0.4, 0.5) is 0 Å². The zero-order valence-corrected chi connectivity index (χ0v) is 15.6. The fourth-order valence-corrected chi connectivity index (χ4v) is 4.44. The molecule has 0 fully saturated rings. The third-order valence-corrected chi connectivity index (χ3v) is 5.56. The van der Waals surface area contributed by atoms with Gasteiger partial charge in [0.15, 0.2) is 0 Å². The second kappa shape index (κ2) is 8.17. The van der Waals surface area contributed by atoms with E-state index in [2.05, 4.69) is 32.1 Å². The fourth-order valence-electron chi connectivity index (χ4n) is 4.44. The molecule has 1 aromatic rings. The number of aliphatic hydroxyl groups is 1. The number of hydrogen-bond acceptors (Lipinski definition) is 3. The number of aryl methyl sites for hydroxylation is 1. The number of ether oxygens (including phenoxy) is 1. The Morgan fingerprint density at radius 1 is 1.33 bits per heavy atom. The molecule has 0 saturated carbocycles. The molecule has 0 aliphatic heterocycles. The molecule has 3 nitrogen and oxygen atoms in total. The van der Waals surface area contributed by atoms with Crippen molar-refractivity contribution in [3.05, 3.63) is 41.0 Å². The van der Waals surface area contributed by atoms with Crippen molar-refractivity contribution >= 4 is 0 Å². The highest BCUT2D eigenvalue weighted by molar-refractivity contribution is 5.52. The average molecular weight is 332 g/mol. The van der Waals surface area contributed by atoms with Gasteiger partial charge in [0.05, 0.1) is 13.2 Å². The standard InChI is InChI=1S/C19H26O2.C2H7N/c1-13-12-16(20)9-11-19(13)10-5-4-6-15-7-8-17(21-3)14(2)18(15)19;1-2-3/h7-9,11,13,16,20H,4-6,10,12H2,1-3H3;2-3H2,1H3/t13-,16+,19+;/m1./s1. The maximum absolute atomic E-state index is 9.97. The van der Waals surface area contributed by atoms with Crippen LogP contribution in [0, 0.1) is 12.8 Å². The number of aliphatic hydroxyl groups excluding tert-OH is 1. The molecule has 0 saturated heterocycles. The van der Waals surface area contributed by atoms with E-state index in [4.69, 9.17) is 10.5 Å². The zero-order valence-electron chi connectivity index (χ0n) is 15.6. The number of nitrogens with two attached hydrogens (primary N) is 1. The van der Waals surface area contributed by atoms with E-state index < -0.39 is 0 Å². The lowest BCUT2D eigenvalue weighted by Crippen LogP contribution is -2.38. The van der Waals surface area contributed by atoms with E-state index >= 15 is 0 Å². The molecule has 0 aromatic heterocycles. The molecular weight excluding hydrogens is 298 g/mol. The summed E-state index contributed by atoms with van der Waals surface area (Å²) in [5.41, 5.74) is 9.14. The lowest BCUT2D eigenvalue weighted by Gasteiger charge is -2.42. The van der Waals surface area contributed by atoms with Gasteiger partial charge in [0.25, 0.3) is 0 Å². The number of benzene rings is 1. The van der Waals surface area contributed by atoms with Crippen molar-refractivity contribution in [3.63, 3.8) is 0 Å². The molecule has 3 heteroatoms. The zero-order chi connectivity index (χ0) is 17.7. The normalized spacial score (nSPS) is 28.6. The Balaban J connectivity index is 0.000000647. The fraction of sp³-hybridized carbons (Fsp3) is 0.619. The second-order valence-corrected chi connectivity index (χ2v) is 7.15. The summed E-state index contributed by atoms with van der Waals surface area (Å²) in [5, 5.41) is 9.97. The monoisotopic (exact) mass is 331 g/mol. The van der Waals surface area contributed by atoms with Gasteiger partial charge >= 0.3 is 0 Å². The Morgan fingerprint density at radius 2 is 2.04 bits per heavy atom. The molecule has 1 spiro atoms. The van der Waals surface area contributed by atoms with E-state index in [1.807, 2.05) is 13.0 Å². The summed E-state index contributed by atoms with van der Waals surface area (Å²) in [6.07, 6.45) is 9.71. The van der Waals surface area contributed by atoms with E-state index in [1.165, 1.54) is 36.0 Å². The Labute approximate surface area is 146 Å². The molecule has 0 unspecified atom stereocenters. The first-order chi connectivity index (χ1) is 11.5. The molecule has 3 N–H and O–H groups in total.